The summed E-state index contributed by atoms with van der Waals surface area (Å²) in [5.74, 6) is 0.332. The summed E-state index contributed by atoms with van der Waals surface area (Å²) in [5, 5.41) is 15.0. The number of nitriles is 1. The van der Waals surface area contributed by atoms with Crippen molar-refractivity contribution in [1.29, 1.82) is 5.26 Å². The Morgan fingerprint density at radius 1 is 1.40 bits per heavy atom. The van der Waals surface area contributed by atoms with Gasteiger partial charge in [0, 0.05) is 24.1 Å². The second-order valence-electron chi connectivity index (χ2n) is 7.75. The molecule has 8 nitrogen and oxygen atoms in total. The van der Waals surface area contributed by atoms with E-state index in [1.165, 1.54) is 10.9 Å². The van der Waals surface area contributed by atoms with Crippen LogP contribution in [-0.4, -0.2) is 32.6 Å². The zero-order valence-electron chi connectivity index (χ0n) is 17.4. The van der Waals surface area contributed by atoms with Gasteiger partial charge in [0.1, 0.15) is 25.0 Å². The van der Waals surface area contributed by atoms with Crippen molar-refractivity contribution in [3.8, 4) is 23.2 Å². The average Bonchev–Trinajstić information content (AvgIpc) is 3.02. The molecule has 0 saturated carbocycles. The number of nitrogens with two attached hydrogens (primary N) is 1. The summed E-state index contributed by atoms with van der Waals surface area (Å²) in [7, 11) is -1.03. The Morgan fingerprint density at radius 3 is 2.90 bits per heavy atom. The molecule has 1 aromatic carbocycles. The molecular weight excluding hydrogens is 399 g/mol. The molecule has 1 aliphatic heterocycles. The molecule has 3 heterocycles. The third kappa shape index (κ3) is 3.35. The van der Waals surface area contributed by atoms with Gasteiger partial charge in [-0.2, -0.15) is 10.4 Å². The van der Waals surface area contributed by atoms with Crippen molar-refractivity contribution in [2.75, 3.05) is 18.6 Å². The van der Waals surface area contributed by atoms with Crippen molar-refractivity contribution in [3.63, 3.8) is 0 Å². The molecule has 2 atom stereocenters. The maximum absolute atomic E-state index is 13.8. The van der Waals surface area contributed by atoms with Gasteiger partial charge in [0.15, 0.2) is 5.82 Å². The van der Waals surface area contributed by atoms with E-state index in [0.29, 0.717) is 35.2 Å². The first-order chi connectivity index (χ1) is 14.2. The van der Waals surface area contributed by atoms with Gasteiger partial charge in [-0.1, -0.05) is 23.8 Å². The minimum absolute atomic E-state index is 0.153. The fourth-order valence-corrected chi connectivity index (χ4v) is 5.90. The summed E-state index contributed by atoms with van der Waals surface area (Å²) in [4.78, 5) is 8.81. The summed E-state index contributed by atoms with van der Waals surface area (Å²) in [6.07, 6.45) is 1.95. The molecule has 0 amide bonds. The standard InChI is InChI=1S/C21H23N6O2P/c1-12-5-6-18-14(9-12)13(2)29-21-20(23)24-11-16(25-21)19-15(7-8-30(18,4)28)26-27(3)17(19)10-22/h5-6,9,11,13H,7-8H2,1-4H3,(H2,23,24)/t13-,30?/m1/s1. The highest BCUT2D eigenvalue weighted by Gasteiger charge is 2.29. The number of rotatable bonds is 0. The predicted molar refractivity (Wildman–Crippen MR) is 115 cm³/mol. The van der Waals surface area contributed by atoms with Crippen LogP contribution in [0.5, 0.6) is 5.88 Å². The molecule has 2 aromatic heterocycles. The number of aryl methyl sites for hydroxylation is 3. The van der Waals surface area contributed by atoms with Gasteiger partial charge in [0.25, 0.3) is 5.88 Å². The van der Waals surface area contributed by atoms with Gasteiger partial charge in [0.05, 0.1) is 23.1 Å². The third-order valence-corrected chi connectivity index (χ3v) is 7.95. The zero-order chi connectivity index (χ0) is 21.6. The van der Waals surface area contributed by atoms with Gasteiger partial charge in [-0.15, -0.1) is 0 Å². The van der Waals surface area contributed by atoms with E-state index in [1.54, 1.807) is 13.7 Å². The van der Waals surface area contributed by atoms with Crippen LogP contribution in [0.3, 0.4) is 0 Å². The van der Waals surface area contributed by atoms with E-state index < -0.39 is 13.2 Å². The van der Waals surface area contributed by atoms with E-state index in [-0.39, 0.29) is 11.7 Å². The van der Waals surface area contributed by atoms with Crippen LogP contribution >= 0.6 is 7.14 Å². The molecule has 2 bridgehead atoms. The molecule has 1 unspecified atom stereocenters. The number of nitrogen functional groups attached to an aromatic ring is 1. The average molecular weight is 422 g/mol. The van der Waals surface area contributed by atoms with Crippen LogP contribution in [0.1, 0.15) is 35.5 Å². The number of ether oxygens (including phenoxy) is 1. The quantitative estimate of drug-likeness (QED) is 0.553. The van der Waals surface area contributed by atoms with Crippen LogP contribution in [-0.2, 0) is 18.0 Å². The van der Waals surface area contributed by atoms with Crippen molar-refractivity contribution >= 4 is 18.3 Å². The van der Waals surface area contributed by atoms with Crippen LogP contribution in [0.25, 0.3) is 11.3 Å². The van der Waals surface area contributed by atoms with Crippen molar-refractivity contribution in [2.45, 2.75) is 26.4 Å². The molecule has 0 radical (unpaired) electrons. The number of fused-ring (bicyclic) bond motifs is 5. The molecule has 9 heteroatoms. The molecule has 4 rings (SSSR count). The summed E-state index contributed by atoms with van der Waals surface area (Å²) in [5.41, 5.74) is 10.00. The minimum atomic E-state index is -2.73. The molecule has 30 heavy (non-hydrogen) atoms. The first-order valence-corrected chi connectivity index (χ1v) is 12.0. The Balaban J connectivity index is 1.98. The first kappa shape index (κ1) is 20.1. The van der Waals surface area contributed by atoms with Gasteiger partial charge >= 0.3 is 0 Å². The van der Waals surface area contributed by atoms with Gasteiger partial charge in [-0.05, 0) is 26.9 Å². The number of hydrogen-bond acceptors (Lipinski definition) is 7. The molecule has 0 fully saturated rings. The van der Waals surface area contributed by atoms with Crippen LogP contribution in [0.4, 0.5) is 5.82 Å². The Kier molecular flexibility index (Phi) is 4.87. The fourth-order valence-electron chi connectivity index (χ4n) is 3.84. The lowest BCUT2D eigenvalue weighted by Gasteiger charge is -2.23. The maximum Gasteiger partial charge on any atom is 0.258 e. The van der Waals surface area contributed by atoms with E-state index >= 15 is 0 Å². The van der Waals surface area contributed by atoms with Gasteiger partial charge in [-0.25, -0.2) is 9.97 Å². The highest BCUT2D eigenvalue weighted by atomic mass is 31.2. The molecule has 0 aliphatic carbocycles. The molecule has 0 saturated heterocycles. The number of anilines is 1. The van der Waals surface area contributed by atoms with Crippen molar-refractivity contribution < 1.29 is 9.30 Å². The summed E-state index contributed by atoms with van der Waals surface area (Å²) in [6.45, 7) is 5.66. The smallest absolute Gasteiger partial charge is 0.258 e. The van der Waals surface area contributed by atoms with Crippen molar-refractivity contribution in [1.82, 2.24) is 19.7 Å². The second-order valence-corrected chi connectivity index (χ2v) is 10.9. The molecular formula is C21H23N6O2P. The first-order valence-electron chi connectivity index (χ1n) is 9.64. The van der Waals surface area contributed by atoms with E-state index in [4.69, 9.17) is 10.5 Å². The molecule has 2 N–H and O–H groups in total. The van der Waals surface area contributed by atoms with Crippen LogP contribution in [0.2, 0.25) is 0 Å². The van der Waals surface area contributed by atoms with E-state index in [2.05, 4.69) is 21.1 Å². The molecule has 154 valence electrons. The Bertz CT molecular complexity index is 1240. The van der Waals surface area contributed by atoms with Gasteiger partial charge in [-0.3, -0.25) is 4.68 Å². The Morgan fingerprint density at radius 2 is 2.17 bits per heavy atom. The van der Waals surface area contributed by atoms with Crippen molar-refractivity contribution in [3.05, 3.63) is 46.9 Å². The van der Waals surface area contributed by atoms with Crippen LogP contribution in [0, 0.1) is 18.3 Å². The minimum Gasteiger partial charge on any atom is -0.467 e. The number of benzene rings is 1. The molecule has 0 spiro atoms. The van der Waals surface area contributed by atoms with Gasteiger partial charge < -0.3 is 15.0 Å². The lowest BCUT2D eigenvalue weighted by molar-refractivity contribution is 0.219. The monoisotopic (exact) mass is 422 g/mol. The largest absolute Gasteiger partial charge is 0.467 e. The maximum atomic E-state index is 13.8. The van der Waals surface area contributed by atoms with Crippen molar-refractivity contribution in [2.24, 2.45) is 7.05 Å². The number of aromatic nitrogens is 4. The Labute approximate surface area is 175 Å². The highest BCUT2D eigenvalue weighted by molar-refractivity contribution is 7.71. The van der Waals surface area contributed by atoms with Gasteiger partial charge in [0.2, 0.25) is 0 Å². The lowest BCUT2D eigenvalue weighted by Crippen LogP contribution is -2.20. The summed E-state index contributed by atoms with van der Waals surface area (Å²) in [6, 6.07) is 8.06. The van der Waals surface area contributed by atoms with E-state index in [1.807, 2.05) is 32.0 Å². The fraction of sp³-hybridized carbons (Fsp3) is 0.333. The summed E-state index contributed by atoms with van der Waals surface area (Å²) < 4.78 is 21.4. The summed E-state index contributed by atoms with van der Waals surface area (Å²) >= 11 is 0. The van der Waals surface area contributed by atoms with Crippen LogP contribution in [0.15, 0.2) is 24.4 Å². The van der Waals surface area contributed by atoms with E-state index in [9.17, 15) is 9.83 Å². The number of hydrogen-bond donors (Lipinski definition) is 1. The molecule has 3 aromatic rings. The number of nitrogens with zero attached hydrogens (tertiary/aromatic N) is 5. The SMILES string of the molecule is Cc1ccc2c(c1)[C@@H](C)Oc1nc(cnc1N)-c1c(nn(C)c1C#N)CCP2(C)=O. The third-order valence-electron chi connectivity index (χ3n) is 5.44. The zero-order valence-corrected chi connectivity index (χ0v) is 18.3. The molecule has 1 aliphatic rings. The van der Waals surface area contributed by atoms with Crippen LogP contribution < -0.4 is 15.8 Å². The predicted octanol–water partition coefficient (Wildman–Crippen LogP) is 2.95. The van der Waals surface area contributed by atoms with E-state index in [0.717, 1.165) is 16.4 Å². The Hall–Kier alpha value is -3.17. The highest BCUT2D eigenvalue weighted by Crippen LogP contribution is 2.44. The normalized spacial score (nSPS) is 20.7. The lowest BCUT2D eigenvalue weighted by atomic mass is 10.1. The topological polar surface area (TPSA) is 120 Å². The second kappa shape index (κ2) is 7.26.